The Morgan fingerprint density at radius 3 is 2.59 bits per heavy atom. The van der Waals surface area contributed by atoms with Gasteiger partial charge in [0.1, 0.15) is 11.5 Å². The van der Waals surface area contributed by atoms with E-state index in [9.17, 15) is 23.6 Å². The smallest absolute Gasteiger partial charge is 0.404 e. The molecule has 3 rings (SSSR count). The predicted octanol–water partition coefficient (Wildman–Crippen LogP) is 3.88. The van der Waals surface area contributed by atoms with E-state index in [0.29, 0.717) is 41.6 Å². The number of nitrogens with one attached hydrogen (secondary N) is 2. The molecule has 3 aromatic heterocycles. The molecular formula is C29H39FN6O5. The van der Waals surface area contributed by atoms with E-state index in [4.69, 9.17) is 0 Å². The van der Waals surface area contributed by atoms with Gasteiger partial charge in [-0.15, -0.1) is 0 Å². The minimum Gasteiger partial charge on any atom is -0.453 e. The van der Waals surface area contributed by atoms with Crippen LogP contribution in [0, 0.1) is 18.7 Å². The van der Waals surface area contributed by atoms with Gasteiger partial charge in [-0.3, -0.25) is 14.4 Å². The predicted molar refractivity (Wildman–Crippen MR) is 156 cm³/mol. The molecule has 41 heavy (non-hydrogen) atoms. The Labute approximate surface area is 238 Å². The number of anilines is 1. The third-order valence-corrected chi connectivity index (χ3v) is 5.95. The van der Waals surface area contributed by atoms with E-state index < -0.39 is 6.09 Å². The molecule has 0 radical (unpaired) electrons. The van der Waals surface area contributed by atoms with Gasteiger partial charge in [0, 0.05) is 38.0 Å². The van der Waals surface area contributed by atoms with Crippen molar-refractivity contribution in [1.29, 1.82) is 0 Å². The lowest BCUT2D eigenvalue weighted by atomic mass is 10.0. The monoisotopic (exact) mass is 570 g/mol. The van der Waals surface area contributed by atoms with Crippen molar-refractivity contribution in [2.24, 2.45) is 11.7 Å². The minimum absolute atomic E-state index is 0.105. The average Bonchev–Trinajstić information content (AvgIpc) is 3.30. The number of methoxy groups -OCH3 is 1. The van der Waals surface area contributed by atoms with Crippen LogP contribution in [0.25, 0.3) is 11.0 Å². The quantitative estimate of drug-likeness (QED) is 0.248. The van der Waals surface area contributed by atoms with E-state index >= 15 is 0 Å². The number of allylic oxidation sites excluding steroid dienone is 1. The van der Waals surface area contributed by atoms with Crippen molar-refractivity contribution in [3.05, 3.63) is 69.7 Å². The zero-order valence-corrected chi connectivity index (χ0v) is 24.4. The Kier molecular flexibility index (Phi) is 12.2. The topological polar surface area (TPSA) is 152 Å². The number of carbonyl (C=O) groups is 3. The molecule has 0 fully saturated rings. The van der Waals surface area contributed by atoms with E-state index in [1.54, 1.807) is 45.4 Å². The van der Waals surface area contributed by atoms with Crippen LogP contribution in [0.3, 0.4) is 0 Å². The molecule has 0 bridgehead atoms. The molecule has 0 spiro atoms. The number of nitrogens with two attached hydrogens (primary N) is 1. The third kappa shape index (κ3) is 9.89. The summed E-state index contributed by atoms with van der Waals surface area (Å²) in [6.07, 6.45) is 6.06. The highest BCUT2D eigenvalue weighted by Gasteiger charge is 2.17. The zero-order valence-electron chi connectivity index (χ0n) is 24.4. The van der Waals surface area contributed by atoms with Crippen molar-refractivity contribution in [3.8, 4) is 0 Å². The largest absolute Gasteiger partial charge is 0.453 e. The van der Waals surface area contributed by atoms with Gasteiger partial charge < -0.3 is 30.2 Å². The number of aromatic nitrogens is 3. The van der Waals surface area contributed by atoms with Gasteiger partial charge in [0.2, 0.25) is 11.8 Å². The van der Waals surface area contributed by atoms with Crippen LogP contribution in [0.4, 0.5) is 14.9 Å². The highest BCUT2D eigenvalue weighted by Crippen LogP contribution is 2.25. The van der Waals surface area contributed by atoms with E-state index in [2.05, 4.69) is 25.8 Å². The maximum absolute atomic E-state index is 14.8. The lowest BCUT2D eigenvalue weighted by Crippen LogP contribution is -2.25. The van der Waals surface area contributed by atoms with Crippen LogP contribution >= 0.6 is 0 Å². The summed E-state index contributed by atoms with van der Waals surface area (Å²) < 4.78 is 20.1. The molecule has 0 aliphatic heterocycles. The Balaban J connectivity index is 0.00000108. The number of pyridine rings is 2. The molecule has 0 saturated heterocycles. The number of carbonyl (C=O) groups excluding carboxylic acids is 3. The number of aromatic amines is 1. The van der Waals surface area contributed by atoms with Crippen LogP contribution in [0.1, 0.15) is 50.1 Å². The molecular weight excluding hydrogens is 531 g/mol. The molecule has 3 aromatic rings. The normalized spacial score (nSPS) is 10.9. The van der Waals surface area contributed by atoms with Gasteiger partial charge in [0.25, 0.3) is 5.56 Å². The Morgan fingerprint density at radius 2 is 1.98 bits per heavy atom. The number of fused-ring (bicyclic) bond motifs is 1. The highest BCUT2D eigenvalue weighted by atomic mass is 19.1. The fourth-order valence-corrected chi connectivity index (χ4v) is 3.93. The molecule has 0 aliphatic carbocycles. The first-order valence-electron chi connectivity index (χ1n) is 13.2. The summed E-state index contributed by atoms with van der Waals surface area (Å²) in [4.78, 5) is 55.3. The maximum atomic E-state index is 14.8. The van der Waals surface area contributed by atoms with Gasteiger partial charge in [-0.25, -0.2) is 14.2 Å². The molecule has 0 saturated carbocycles. The lowest BCUT2D eigenvalue weighted by Gasteiger charge is -2.10. The Morgan fingerprint density at radius 1 is 1.29 bits per heavy atom. The van der Waals surface area contributed by atoms with Gasteiger partial charge in [-0.1, -0.05) is 19.9 Å². The number of hydrogen-bond donors (Lipinski definition) is 3. The second-order valence-electron chi connectivity index (χ2n) is 10.1. The Bertz CT molecular complexity index is 1460. The summed E-state index contributed by atoms with van der Waals surface area (Å²) in [7, 11) is 4.57. The summed E-state index contributed by atoms with van der Waals surface area (Å²) in [5, 5.41) is 2.68. The first kappa shape index (κ1) is 32.7. The van der Waals surface area contributed by atoms with Crippen LogP contribution in [0.2, 0.25) is 0 Å². The number of halogens is 1. The van der Waals surface area contributed by atoms with Crippen molar-refractivity contribution >= 4 is 34.6 Å². The van der Waals surface area contributed by atoms with Crippen molar-refractivity contribution in [3.63, 3.8) is 0 Å². The number of amides is 3. The molecule has 4 N–H and O–H groups in total. The summed E-state index contributed by atoms with van der Waals surface area (Å²) in [5.74, 6) is -0.398. The molecule has 12 heteroatoms. The molecule has 0 aliphatic rings. The summed E-state index contributed by atoms with van der Waals surface area (Å²) in [6.45, 7) is 5.95. The maximum Gasteiger partial charge on any atom is 0.404 e. The number of rotatable bonds is 10. The van der Waals surface area contributed by atoms with Gasteiger partial charge >= 0.3 is 6.09 Å². The van der Waals surface area contributed by atoms with Crippen molar-refractivity contribution < 1.29 is 23.5 Å². The van der Waals surface area contributed by atoms with E-state index in [1.165, 1.54) is 22.7 Å². The second kappa shape index (κ2) is 15.3. The molecule has 3 amide bonds. The Hall–Kier alpha value is -4.48. The summed E-state index contributed by atoms with van der Waals surface area (Å²) in [5.41, 5.74) is 7.28. The minimum atomic E-state index is -0.745. The van der Waals surface area contributed by atoms with Crippen molar-refractivity contribution in [2.45, 2.75) is 53.0 Å². The number of hydrogen-bond acceptors (Lipinski definition) is 6. The van der Waals surface area contributed by atoms with Crippen LogP contribution in [-0.2, 0) is 27.3 Å². The average molecular weight is 571 g/mol. The third-order valence-electron chi connectivity index (χ3n) is 5.95. The van der Waals surface area contributed by atoms with Gasteiger partial charge in [-0.05, 0) is 56.4 Å². The fraction of sp³-hybridized carbons (Fsp3) is 0.414. The van der Waals surface area contributed by atoms with Gasteiger partial charge in [-0.2, -0.15) is 0 Å². The van der Waals surface area contributed by atoms with Gasteiger partial charge in [0.15, 0.2) is 0 Å². The molecule has 11 nitrogen and oxygen atoms in total. The first-order chi connectivity index (χ1) is 19.3. The molecule has 222 valence electrons. The number of H-pyrrole nitrogens is 1. The molecule has 0 atom stereocenters. The summed E-state index contributed by atoms with van der Waals surface area (Å²) >= 11 is 0. The highest BCUT2D eigenvalue weighted by molar-refractivity contribution is 5.90. The van der Waals surface area contributed by atoms with Gasteiger partial charge in [0.05, 0.1) is 30.4 Å². The number of nitrogens with zero attached hydrogens (tertiary/aromatic N) is 3. The number of likely N-dealkylation sites (N-methyl/N-ethyl adjacent to an activating group) is 1. The number of ether oxygens (including phenoxy) is 1. The fourth-order valence-electron chi connectivity index (χ4n) is 3.93. The number of aryl methyl sites for hydroxylation is 1. The van der Waals surface area contributed by atoms with Crippen LogP contribution in [0.5, 0.6) is 0 Å². The summed E-state index contributed by atoms with van der Waals surface area (Å²) in [6, 6.07) is 5.10. The van der Waals surface area contributed by atoms with Crippen molar-refractivity contribution in [2.75, 3.05) is 26.5 Å². The number of primary amides is 1. The van der Waals surface area contributed by atoms with E-state index in [-0.39, 0.29) is 47.8 Å². The first-order valence-corrected chi connectivity index (χ1v) is 13.2. The molecule has 3 heterocycles. The standard InChI is InChI=1S/C27H34FN5O3.C2H5NO2/c1-17(2)14-20-25(28)18(3)29-22-15-19(30-26(20)22)16-33-13-9-10-21(27(33)36)31-23(34)11-7-6-8-12-24(35)32(4)5;1-5-2(3)4/h8-10,12-13,15,17,30H,6-7,11,14,16H2,1-5H3,(H,31,34);1H3,(H2,3,4)/b12-8+;. The van der Waals surface area contributed by atoms with E-state index in [0.717, 1.165) is 5.69 Å². The molecule has 0 aromatic carbocycles. The lowest BCUT2D eigenvalue weighted by molar-refractivity contribution is -0.123. The second-order valence-corrected chi connectivity index (χ2v) is 10.1. The van der Waals surface area contributed by atoms with Crippen LogP contribution in [-0.4, -0.2) is 58.5 Å². The number of unbranched alkanes of at least 4 members (excludes halogenated alkanes) is 1. The zero-order chi connectivity index (χ0) is 30.7. The van der Waals surface area contributed by atoms with Crippen molar-refractivity contribution in [1.82, 2.24) is 19.4 Å². The SMILES string of the molecule is COC(N)=O.Cc1nc2cc(Cn3cccc(NC(=O)CCC/C=C/C(=O)N(C)C)c3=O)[nH]c2c(CC(C)C)c1F. The van der Waals surface area contributed by atoms with Crippen LogP contribution in [0.15, 0.2) is 41.3 Å². The van der Waals surface area contributed by atoms with E-state index in [1.807, 2.05) is 19.9 Å². The molecule has 0 unspecified atom stereocenters. The van der Waals surface area contributed by atoms with Crippen LogP contribution < -0.4 is 16.6 Å².